The fourth-order valence-corrected chi connectivity index (χ4v) is 2.09. The predicted molar refractivity (Wildman–Crippen MR) is 58.0 cm³/mol. The molecule has 1 aromatic rings. The monoisotopic (exact) mass is 213 g/mol. The van der Waals surface area contributed by atoms with E-state index in [1.165, 1.54) is 0 Å². The zero-order valence-electron chi connectivity index (χ0n) is 8.25. The Balaban J connectivity index is 1.76. The minimum absolute atomic E-state index is 0.410. The highest BCUT2D eigenvalue weighted by molar-refractivity contribution is 7.13. The van der Waals surface area contributed by atoms with Gasteiger partial charge in [0.05, 0.1) is 18.9 Å². The van der Waals surface area contributed by atoms with Crippen molar-refractivity contribution in [1.82, 2.24) is 10.3 Å². The van der Waals surface area contributed by atoms with E-state index in [1.807, 2.05) is 12.3 Å². The molecule has 14 heavy (non-hydrogen) atoms. The summed E-state index contributed by atoms with van der Waals surface area (Å²) in [4.78, 5) is 4.33. The quantitative estimate of drug-likeness (QED) is 0.781. The van der Waals surface area contributed by atoms with Crippen LogP contribution in [0, 0.1) is 6.92 Å². The highest BCUT2D eigenvalue weighted by Gasteiger charge is 2.12. The Morgan fingerprint density at radius 1 is 1.79 bits per heavy atom. The first-order valence-corrected chi connectivity index (χ1v) is 5.69. The van der Waals surface area contributed by atoms with Gasteiger partial charge in [0.25, 0.3) is 0 Å². The van der Waals surface area contributed by atoms with Crippen molar-refractivity contribution in [3.8, 4) is 0 Å². The molecule has 0 aromatic carbocycles. The van der Waals surface area contributed by atoms with E-state index in [0.29, 0.717) is 6.04 Å². The third-order valence-electron chi connectivity index (χ3n) is 2.12. The molecular weight excluding hydrogens is 198 g/mol. The fraction of sp³-hybridized carbons (Fsp3) is 0.667. The molecule has 0 saturated carbocycles. The van der Waals surface area contributed by atoms with Gasteiger partial charge in [0.1, 0.15) is 0 Å². The topological polar surface area (TPSA) is 46.2 Å². The van der Waals surface area contributed by atoms with E-state index < -0.39 is 0 Å². The van der Waals surface area contributed by atoms with Crippen LogP contribution in [0.1, 0.15) is 5.69 Å². The largest absolute Gasteiger partial charge is 0.378 e. The Bertz CT molecular complexity index is 283. The van der Waals surface area contributed by atoms with Crippen LogP contribution in [0.4, 0.5) is 5.13 Å². The standard InChI is InChI=1S/C9H15N3OS/c1-7-6-14-9(12-7)11-4-8-5-13-3-2-10-8/h6,8,10H,2-5H2,1H3,(H,11,12). The van der Waals surface area contributed by atoms with E-state index in [1.54, 1.807) is 11.3 Å². The van der Waals surface area contributed by atoms with Gasteiger partial charge in [-0.2, -0.15) is 0 Å². The number of rotatable bonds is 3. The first-order valence-electron chi connectivity index (χ1n) is 4.82. The minimum atomic E-state index is 0.410. The summed E-state index contributed by atoms with van der Waals surface area (Å²) >= 11 is 1.65. The zero-order valence-corrected chi connectivity index (χ0v) is 9.06. The molecule has 1 saturated heterocycles. The van der Waals surface area contributed by atoms with Crippen LogP contribution in [0.15, 0.2) is 5.38 Å². The lowest BCUT2D eigenvalue weighted by Gasteiger charge is -2.23. The fourth-order valence-electron chi connectivity index (χ4n) is 1.40. The molecule has 0 bridgehead atoms. The van der Waals surface area contributed by atoms with Gasteiger partial charge in [0, 0.05) is 24.5 Å². The van der Waals surface area contributed by atoms with Crippen molar-refractivity contribution in [2.75, 3.05) is 31.6 Å². The van der Waals surface area contributed by atoms with Gasteiger partial charge >= 0.3 is 0 Å². The van der Waals surface area contributed by atoms with Crippen LogP contribution < -0.4 is 10.6 Å². The van der Waals surface area contributed by atoms with Crippen molar-refractivity contribution in [3.05, 3.63) is 11.1 Å². The summed E-state index contributed by atoms with van der Waals surface area (Å²) in [5.74, 6) is 0. The van der Waals surface area contributed by atoms with E-state index in [2.05, 4.69) is 15.6 Å². The molecule has 4 nitrogen and oxygen atoms in total. The van der Waals surface area contributed by atoms with Crippen LogP contribution in [-0.4, -0.2) is 37.3 Å². The summed E-state index contributed by atoms with van der Waals surface area (Å²) in [6, 6.07) is 0.410. The van der Waals surface area contributed by atoms with Crippen molar-refractivity contribution >= 4 is 16.5 Å². The minimum Gasteiger partial charge on any atom is -0.378 e. The second-order valence-corrected chi connectivity index (χ2v) is 4.26. The van der Waals surface area contributed by atoms with Crippen LogP contribution in [0.25, 0.3) is 0 Å². The SMILES string of the molecule is Cc1csc(NCC2COCCN2)n1. The normalized spacial score (nSPS) is 22.2. The van der Waals surface area contributed by atoms with E-state index in [0.717, 1.165) is 37.1 Å². The van der Waals surface area contributed by atoms with Gasteiger partial charge in [-0.1, -0.05) is 0 Å². The predicted octanol–water partition coefficient (Wildman–Crippen LogP) is 0.852. The maximum absolute atomic E-state index is 5.36. The molecule has 1 fully saturated rings. The Morgan fingerprint density at radius 3 is 3.36 bits per heavy atom. The summed E-state index contributed by atoms with van der Waals surface area (Å²) in [6.45, 7) is 5.45. The van der Waals surface area contributed by atoms with Gasteiger partial charge in [-0.25, -0.2) is 4.98 Å². The molecule has 1 atom stereocenters. The molecule has 0 radical (unpaired) electrons. The summed E-state index contributed by atoms with van der Waals surface area (Å²) in [5.41, 5.74) is 1.07. The summed E-state index contributed by atoms with van der Waals surface area (Å²) in [6.07, 6.45) is 0. The molecular formula is C9H15N3OS. The number of nitrogens with one attached hydrogen (secondary N) is 2. The van der Waals surface area contributed by atoms with Gasteiger partial charge in [-0.05, 0) is 6.92 Å². The smallest absolute Gasteiger partial charge is 0.182 e. The van der Waals surface area contributed by atoms with Crippen molar-refractivity contribution < 1.29 is 4.74 Å². The molecule has 78 valence electrons. The first kappa shape index (κ1) is 9.89. The van der Waals surface area contributed by atoms with Gasteiger partial charge in [0.15, 0.2) is 5.13 Å². The maximum Gasteiger partial charge on any atom is 0.182 e. The van der Waals surface area contributed by atoms with E-state index in [4.69, 9.17) is 4.74 Å². The van der Waals surface area contributed by atoms with E-state index in [9.17, 15) is 0 Å². The number of aromatic nitrogens is 1. The summed E-state index contributed by atoms with van der Waals surface area (Å²) in [5, 5.41) is 9.73. The molecule has 1 unspecified atom stereocenters. The lowest BCUT2D eigenvalue weighted by Crippen LogP contribution is -2.45. The molecule has 0 amide bonds. The van der Waals surface area contributed by atoms with Crippen molar-refractivity contribution in [3.63, 3.8) is 0 Å². The van der Waals surface area contributed by atoms with Crippen LogP contribution >= 0.6 is 11.3 Å². The molecule has 2 heterocycles. The number of hydrogen-bond donors (Lipinski definition) is 2. The Labute approximate surface area is 87.7 Å². The average Bonchev–Trinajstić information content (AvgIpc) is 2.63. The maximum atomic E-state index is 5.36. The van der Waals surface area contributed by atoms with Crippen LogP contribution in [0.5, 0.6) is 0 Å². The van der Waals surface area contributed by atoms with Gasteiger partial charge in [0.2, 0.25) is 0 Å². The average molecular weight is 213 g/mol. The molecule has 0 aliphatic carbocycles. The van der Waals surface area contributed by atoms with E-state index >= 15 is 0 Å². The van der Waals surface area contributed by atoms with Crippen molar-refractivity contribution in [2.45, 2.75) is 13.0 Å². The number of morpholine rings is 1. The van der Waals surface area contributed by atoms with E-state index in [-0.39, 0.29) is 0 Å². The molecule has 5 heteroatoms. The lowest BCUT2D eigenvalue weighted by atomic mass is 10.3. The number of thiazole rings is 1. The van der Waals surface area contributed by atoms with Gasteiger partial charge in [-0.15, -0.1) is 11.3 Å². The second-order valence-electron chi connectivity index (χ2n) is 3.40. The number of anilines is 1. The molecule has 2 rings (SSSR count). The molecule has 2 N–H and O–H groups in total. The van der Waals surface area contributed by atoms with Crippen molar-refractivity contribution in [2.24, 2.45) is 0 Å². The summed E-state index contributed by atoms with van der Waals surface area (Å²) in [7, 11) is 0. The molecule has 0 spiro atoms. The summed E-state index contributed by atoms with van der Waals surface area (Å²) < 4.78 is 5.36. The number of hydrogen-bond acceptors (Lipinski definition) is 5. The number of ether oxygens (including phenoxy) is 1. The Hall–Kier alpha value is -0.650. The van der Waals surface area contributed by atoms with Crippen LogP contribution in [-0.2, 0) is 4.74 Å². The Morgan fingerprint density at radius 2 is 2.71 bits per heavy atom. The second kappa shape index (κ2) is 4.72. The number of nitrogens with zero attached hydrogens (tertiary/aromatic N) is 1. The lowest BCUT2D eigenvalue weighted by molar-refractivity contribution is 0.0806. The van der Waals surface area contributed by atoms with Crippen LogP contribution in [0.3, 0.4) is 0 Å². The number of aryl methyl sites for hydroxylation is 1. The zero-order chi connectivity index (χ0) is 9.80. The molecule has 1 aliphatic heterocycles. The van der Waals surface area contributed by atoms with Gasteiger partial charge < -0.3 is 15.4 Å². The third kappa shape index (κ3) is 2.67. The van der Waals surface area contributed by atoms with Crippen molar-refractivity contribution in [1.29, 1.82) is 0 Å². The highest BCUT2D eigenvalue weighted by atomic mass is 32.1. The van der Waals surface area contributed by atoms with Crippen LogP contribution in [0.2, 0.25) is 0 Å². The molecule has 1 aliphatic rings. The Kier molecular flexibility index (Phi) is 3.34. The van der Waals surface area contributed by atoms with Gasteiger partial charge in [-0.3, -0.25) is 0 Å². The highest BCUT2D eigenvalue weighted by Crippen LogP contribution is 2.14. The first-order chi connectivity index (χ1) is 6.84. The third-order valence-corrected chi connectivity index (χ3v) is 3.03. The molecule has 1 aromatic heterocycles.